The number of benzene rings is 1. The molecule has 0 aliphatic carbocycles. The van der Waals surface area contributed by atoms with E-state index < -0.39 is 28.0 Å². The van der Waals surface area contributed by atoms with Crippen molar-refractivity contribution in [2.75, 3.05) is 0 Å². The normalized spacial score (nSPS) is 9.38. The molecule has 2 nitrogen and oxygen atoms in total. The fraction of sp³-hybridized carbons (Fsp3) is 0. The van der Waals surface area contributed by atoms with Crippen molar-refractivity contribution in [3.63, 3.8) is 0 Å². The minimum atomic E-state index is -1.07. The zero-order valence-corrected chi connectivity index (χ0v) is 6.90. The summed E-state index contributed by atoms with van der Waals surface area (Å²) in [6, 6.07) is 2.70. The topological polar surface area (TPSA) is 40.9 Å². The second kappa shape index (κ2) is 3.50. The van der Waals surface area contributed by atoms with Crippen molar-refractivity contribution in [3.8, 4) is 6.07 Å². The Labute approximate surface area is 77.3 Å². The van der Waals surface area contributed by atoms with Crippen LogP contribution in [0.1, 0.15) is 15.9 Å². The highest BCUT2D eigenvalue weighted by Crippen LogP contribution is 2.15. The first kappa shape index (κ1) is 9.62. The molecule has 0 aliphatic heterocycles. The van der Waals surface area contributed by atoms with Crippen LogP contribution in [0.15, 0.2) is 12.1 Å². The van der Waals surface area contributed by atoms with E-state index in [0.29, 0.717) is 6.07 Å². The monoisotopic (exact) mass is 201 g/mol. The third kappa shape index (κ3) is 1.82. The summed E-state index contributed by atoms with van der Waals surface area (Å²) in [6.45, 7) is 0. The first-order chi connectivity index (χ1) is 6.06. The van der Waals surface area contributed by atoms with Crippen molar-refractivity contribution in [2.24, 2.45) is 0 Å². The molecule has 1 rings (SSSR count). The van der Waals surface area contributed by atoms with E-state index in [1.807, 2.05) is 0 Å². The number of carbonyl (C=O) groups is 1. The molecule has 66 valence electrons. The highest BCUT2D eigenvalue weighted by Gasteiger charge is 2.13. The molecule has 5 heteroatoms. The molecule has 0 saturated carbocycles. The summed E-state index contributed by atoms with van der Waals surface area (Å²) in [4.78, 5) is 10.5. The third-order valence-electron chi connectivity index (χ3n) is 1.39. The first-order valence-corrected chi connectivity index (χ1v) is 3.53. The van der Waals surface area contributed by atoms with E-state index in [4.69, 9.17) is 16.9 Å². The maximum absolute atomic E-state index is 12.8. The first-order valence-electron chi connectivity index (χ1n) is 3.15. The van der Waals surface area contributed by atoms with Crippen molar-refractivity contribution in [1.29, 1.82) is 5.26 Å². The molecule has 0 spiro atoms. The van der Waals surface area contributed by atoms with Gasteiger partial charge in [-0.25, -0.2) is 8.78 Å². The Kier molecular flexibility index (Phi) is 2.59. The molecule has 0 unspecified atom stereocenters. The van der Waals surface area contributed by atoms with Crippen LogP contribution in [0.2, 0.25) is 0 Å². The minimum Gasteiger partial charge on any atom is -0.275 e. The summed E-state index contributed by atoms with van der Waals surface area (Å²) in [6.07, 6.45) is 0. The van der Waals surface area contributed by atoms with Crippen LogP contribution in [0, 0.1) is 23.0 Å². The van der Waals surface area contributed by atoms with Gasteiger partial charge in [-0.1, -0.05) is 0 Å². The second-order valence-corrected chi connectivity index (χ2v) is 2.54. The summed E-state index contributed by atoms with van der Waals surface area (Å²) >= 11 is 4.98. The van der Waals surface area contributed by atoms with Crippen LogP contribution in [0.5, 0.6) is 0 Å². The van der Waals surface area contributed by atoms with E-state index in [2.05, 4.69) is 0 Å². The SMILES string of the molecule is N#Cc1cc(C(=O)Cl)c(F)cc1F. The average molecular weight is 202 g/mol. The van der Waals surface area contributed by atoms with E-state index >= 15 is 0 Å². The highest BCUT2D eigenvalue weighted by molar-refractivity contribution is 6.67. The number of nitriles is 1. The van der Waals surface area contributed by atoms with E-state index in [0.717, 1.165) is 6.07 Å². The number of carbonyl (C=O) groups excluding carboxylic acids is 1. The van der Waals surface area contributed by atoms with Gasteiger partial charge in [0.15, 0.2) is 0 Å². The number of halogens is 3. The predicted octanol–water partition coefficient (Wildman–Crippen LogP) is 2.22. The molecule has 0 aromatic heterocycles. The minimum absolute atomic E-state index is 0.412. The van der Waals surface area contributed by atoms with Gasteiger partial charge in [0.05, 0.1) is 11.1 Å². The Morgan fingerprint density at radius 3 is 2.46 bits per heavy atom. The van der Waals surface area contributed by atoms with Gasteiger partial charge in [0.25, 0.3) is 5.24 Å². The maximum Gasteiger partial charge on any atom is 0.255 e. The van der Waals surface area contributed by atoms with Crippen molar-refractivity contribution >= 4 is 16.8 Å². The lowest BCUT2D eigenvalue weighted by Gasteiger charge is -1.98. The van der Waals surface area contributed by atoms with Gasteiger partial charge >= 0.3 is 0 Å². The van der Waals surface area contributed by atoms with Crippen molar-refractivity contribution < 1.29 is 13.6 Å². The van der Waals surface area contributed by atoms with Crippen LogP contribution >= 0.6 is 11.6 Å². The van der Waals surface area contributed by atoms with Gasteiger partial charge in [-0.05, 0) is 17.7 Å². The van der Waals surface area contributed by atoms with E-state index in [9.17, 15) is 13.6 Å². The molecule has 1 aromatic carbocycles. The van der Waals surface area contributed by atoms with Gasteiger partial charge < -0.3 is 0 Å². The molecule has 0 bridgehead atoms. The van der Waals surface area contributed by atoms with Crippen molar-refractivity contribution in [1.82, 2.24) is 0 Å². The van der Waals surface area contributed by atoms with Gasteiger partial charge in [0.2, 0.25) is 0 Å². The molecular formula is C8H2ClF2NO. The number of nitrogens with zero attached hydrogens (tertiary/aromatic N) is 1. The molecule has 0 aliphatic rings. The second-order valence-electron chi connectivity index (χ2n) is 2.20. The fourth-order valence-corrected chi connectivity index (χ4v) is 0.930. The predicted molar refractivity (Wildman–Crippen MR) is 41.3 cm³/mol. The van der Waals surface area contributed by atoms with E-state index in [1.165, 1.54) is 6.07 Å². The van der Waals surface area contributed by atoms with Gasteiger partial charge in [-0.2, -0.15) is 5.26 Å². The van der Waals surface area contributed by atoms with E-state index in [-0.39, 0.29) is 0 Å². The average Bonchev–Trinajstić information content (AvgIpc) is 2.03. The van der Waals surface area contributed by atoms with Gasteiger partial charge in [0, 0.05) is 6.07 Å². The van der Waals surface area contributed by atoms with Gasteiger partial charge in [-0.3, -0.25) is 4.79 Å². The molecule has 0 atom stereocenters. The number of rotatable bonds is 1. The highest BCUT2D eigenvalue weighted by atomic mass is 35.5. The fourth-order valence-electron chi connectivity index (χ4n) is 0.785. The Balaban J connectivity index is 3.41. The van der Waals surface area contributed by atoms with Crippen molar-refractivity contribution in [2.45, 2.75) is 0 Å². The molecule has 0 radical (unpaired) electrons. The zero-order valence-electron chi connectivity index (χ0n) is 6.14. The lowest BCUT2D eigenvalue weighted by atomic mass is 10.1. The van der Waals surface area contributed by atoms with Gasteiger partial charge in [-0.15, -0.1) is 0 Å². The molecular weight excluding hydrogens is 200 g/mol. The molecule has 13 heavy (non-hydrogen) atoms. The largest absolute Gasteiger partial charge is 0.275 e. The Morgan fingerprint density at radius 1 is 1.38 bits per heavy atom. The van der Waals surface area contributed by atoms with Crippen LogP contribution in [0.3, 0.4) is 0 Å². The summed E-state index contributed by atoms with van der Waals surface area (Å²) in [5, 5.41) is 7.29. The molecule has 1 aromatic rings. The zero-order chi connectivity index (χ0) is 10.0. The molecule has 0 N–H and O–H groups in total. The molecule has 0 amide bonds. The standard InChI is InChI=1S/C8H2ClF2NO/c9-8(13)5-1-4(3-12)6(10)2-7(5)11/h1-2H. The summed E-state index contributed by atoms with van der Waals surface area (Å²) in [7, 11) is 0. The van der Waals surface area contributed by atoms with Crippen LogP contribution in [-0.2, 0) is 0 Å². The van der Waals surface area contributed by atoms with Crippen molar-refractivity contribution in [3.05, 3.63) is 34.9 Å². The maximum atomic E-state index is 12.8. The van der Waals surface area contributed by atoms with Gasteiger partial charge in [0.1, 0.15) is 17.7 Å². The Hall–Kier alpha value is -1.47. The quantitative estimate of drug-likeness (QED) is 0.654. The summed E-state index contributed by atoms with van der Waals surface area (Å²) in [5.41, 5.74) is -0.912. The summed E-state index contributed by atoms with van der Waals surface area (Å²) in [5.74, 6) is -2.09. The molecule has 0 fully saturated rings. The Morgan fingerprint density at radius 2 is 2.00 bits per heavy atom. The lowest BCUT2D eigenvalue weighted by molar-refractivity contribution is 0.107. The third-order valence-corrected chi connectivity index (χ3v) is 1.59. The van der Waals surface area contributed by atoms with Crippen LogP contribution < -0.4 is 0 Å². The van der Waals surface area contributed by atoms with Crippen LogP contribution in [-0.4, -0.2) is 5.24 Å². The summed E-state index contributed by atoms with van der Waals surface area (Å²) < 4.78 is 25.4. The van der Waals surface area contributed by atoms with Crippen LogP contribution in [0.25, 0.3) is 0 Å². The molecule has 0 heterocycles. The number of hydrogen-bond acceptors (Lipinski definition) is 2. The van der Waals surface area contributed by atoms with E-state index in [1.54, 1.807) is 0 Å². The van der Waals surface area contributed by atoms with Crippen LogP contribution in [0.4, 0.5) is 8.78 Å². The smallest absolute Gasteiger partial charge is 0.255 e. The lowest BCUT2D eigenvalue weighted by Crippen LogP contribution is -1.97. The molecule has 0 saturated heterocycles. The Bertz CT molecular complexity index is 411. The number of hydrogen-bond donors (Lipinski definition) is 0.